The summed E-state index contributed by atoms with van der Waals surface area (Å²) in [6.07, 6.45) is 1.86. The normalized spacial score (nSPS) is 16.2. The van der Waals surface area contributed by atoms with Gasteiger partial charge in [0.25, 0.3) is 0 Å². The number of ether oxygens (including phenoxy) is 1. The highest BCUT2D eigenvalue weighted by Gasteiger charge is 2.23. The van der Waals surface area contributed by atoms with E-state index in [2.05, 4.69) is 5.32 Å². The lowest BCUT2D eigenvalue weighted by molar-refractivity contribution is 0.0897. The molecule has 3 rings (SSSR count). The molecule has 0 unspecified atom stereocenters. The SMILES string of the molecule is COc1ccc(C(=O)C2CCNCC2)c2ccccc12. The number of hydrogen-bond donors (Lipinski definition) is 1. The number of ketones is 1. The molecule has 3 heteroatoms. The lowest BCUT2D eigenvalue weighted by Gasteiger charge is -2.22. The van der Waals surface area contributed by atoms with Gasteiger partial charge in [0.05, 0.1) is 7.11 Å². The highest BCUT2D eigenvalue weighted by atomic mass is 16.5. The summed E-state index contributed by atoms with van der Waals surface area (Å²) in [5, 5.41) is 5.31. The second-order valence-corrected chi connectivity index (χ2v) is 5.25. The van der Waals surface area contributed by atoms with E-state index in [-0.39, 0.29) is 11.7 Å². The Morgan fingerprint density at radius 1 is 1.10 bits per heavy atom. The van der Waals surface area contributed by atoms with E-state index < -0.39 is 0 Å². The van der Waals surface area contributed by atoms with E-state index in [0.29, 0.717) is 0 Å². The van der Waals surface area contributed by atoms with Crippen LogP contribution in [0.15, 0.2) is 36.4 Å². The lowest BCUT2D eigenvalue weighted by Crippen LogP contribution is -2.31. The molecule has 3 nitrogen and oxygen atoms in total. The molecule has 0 spiro atoms. The Balaban J connectivity index is 2.05. The van der Waals surface area contributed by atoms with Crippen molar-refractivity contribution in [3.8, 4) is 5.75 Å². The maximum atomic E-state index is 12.7. The van der Waals surface area contributed by atoms with Crippen LogP contribution in [-0.2, 0) is 0 Å². The van der Waals surface area contributed by atoms with Crippen LogP contribution >= 0.6 is 0 Å². The summed E-state index contributed by atoms with van der Waals surface area (Å²) in [6, 6.07) is 11.8. The molecule has 1 heterocycles. The summed E-state index contributed by atoms with van der Waals surface area (Å²) in [6.45, 7) is 1.87. The number of Topliss-reactive ketones (excluding diaryl/α,β-unsaturated/α-hetero) is 1. The van der Waals surface area contributed by atoms with E-state index >= 15 is 0 Å². The van der Waals surface area contributed by atoms with Crippen molar-refractivity contribution in [2.75, 3.05) is 20.2 Å². The van der Waals surface area contributed by atoms with Crippen molar-refractivity contribution in [3.05, 3.63) is 42.0 Å². The topological polar surface area (TPSA) is 38.3 Å². The fourth-order valence-electron chi connectivity index (χ4n) is 2.97. The first-order chi connectivity index (χ1) is 9.81. The van der Waals surface area contributed by atoms with E-state index in [4.69, 9.17) is 4.74 Å². The van der Waals surface area contributed by atoms with E-state index in [0.717, 1.165) is 48.0 Å². The first-order valence-electron chi connectivity index (χ1n) is 7.12. The van der Waals surface area contributed by atoms with Gasteiger partial charge >= 0.3 is 0 Å². The first kappa shape index (κ1) is 13.1. The van der Waals surface area contributed by atoms with Crippen molar-refractivity contribution in [2.24, 2.45) is 5.92 Å². The average Bonchev–Trinajstić information content (AvgIpc) is 2.54. The lowest BCUT2D eigenvalue weighted by atomic mass is 9.87. The number of benzene rings is 2. The molecule has 1 saturated heterocycles. The van der Waals surface area contributed by atoms with Crippen LogP contribution in [0.4, 0.5) is 0 Å². The Labute approximate surface area is 118 Å². The molecule has 2 aromatic rings. The minimum atomic E-state index is 0.146. The van der Waals surface area contributed by atoms with Crippen LogP contribution in [0, 0.1) is 5.92 Å². The van der Waals surface area contributed by atoms with Gasteiger partial charge in [-0.15, -0.1) is 0 Å². The number of carbonyl (C=O) groups is 1. The second-order valence-electron chi connectivity index (χ2n) is 5.25. The quantitative estimate of drug-likeness (QED) is 0.870. The minimum Gasteiger partial charge on any atom is -0.496 e. The van der Waals surface area contributed by atoms with Crippen LogP contribution in [0.1, 0.15) is 23.2 Å². The van der Waals surface area contributed by atoms with Gasteiger partial charge in [-0.3, -0.25) is 4.79 Å². The number of fused-ring (bicyclic) bond motifs is 1. The number of methoxy groups -OCH3 is 1. The summed E-state index contributed by atoms with van der Waals surface area (Å²) in [5.41, 5.74) is 0.827. The van der Waals surface area contributed by atoms with Crippen molar-refractivity contribution < 1.29 is 9.53 Å². The third-order valence-corrected chi connectivity index (χ3v) is 4.08. The van der Waals surface area contributed by atoms with Gasteiger partial charge in [0.15, 0.2) is 5.78 Å². The van der Waals surface area contributed by atoms with Gasteiger partial charge in [-0.1, -0.05) is 24.3 Å². The third-order valence-electron chi connectivity index (χ3n) is 4.08. The average molecular weight is 269 g/mol. The standard InChI is InChI=1S/C17H19NO2/c1-20-16-7-6-15(13-4-2-3-5-14(13)16)17(19)12-8-10-18-11-9-12/h2-7,12,18H,8-11H2,1H3. The van der Waals surface area contributed by atoms with Gasteiger partial charge in [0, 0.05) is 16.9 Å². The van der Waals surface area contributed by atoms with Gasteiger partial charge in [0.2, 0.25) is 0 Å². The molecular weight excluding hydrogens is 250 g/mol. The van der Waals surface area contributed by atoms with Crippen molar-refractivity contribution in [1.82, 2.24) is 5.32 Å². The number of piperidine rings is 1. The summed E-state index contributed by atoms with van der Waals surface area (Å²) < 4.78 is 5.39. The maximum Gasteiger partial charge on any atom is 0.166 e. The van der Waals surface area contributed by atoms with E-state index in [1.807, 2.05) is 36.4 Å². The molecule has 104 valence electrons. The summed E-state index contributed by atoms with van der Waals surface area (Å²) in [4.78, 5) is 12.7. The Bertz CT molecular complexity index is 630. The smallest absolute Gasteiger partial charge is 0.166 e. The molecule has 0 aliphatic carbocycles. The summed E-state index contributed by atoms with van der Waals surface area (Å²) >= 11 is 0. The molecule has 0 amide bonds. The molecule has 0 bridgehead atoms. The van der Waals surface area contributed by atoms with E-state index in [1.54, 1.807) is 7.11 Å². The second kappa shape index (κ2) is 5.63. The Morgan fingerprint density at radius 3 is 2.50 bits per heavy atom. The predicted molar refractivity (Wildman–Crippen MR) is 80.4 cm³/mol. The van der Waals surface area contributed by atoms with Crippen molar-refractivity contribution in [1.29, 1.82) is 0 Å². The van der Waals surface area contributed by atoms with E-state index in [1.165, 1.54) is 0 Å². The van der Waals surface area contributed by atoms with E-state index in [9.17, 15) is 4.79 Å². The predicted octanol–water partition coefficient (Wildman–Crippen LogP) is 3.03. The summed E-state index contributed by atoms with van der Waals surface area (Å²) in [7, 11) is 1.66. The van der Waals surface area contributed by atoms with Crippen LogP contribution in [0.3, 0.4) is 0 Å². The van der Waals surface area contributed by atoms with Gasteiger partial charge in [-0.05, 0) is 43.5 Å². The molecule has 1 fully saturated rings. The molecule has 0 radical (unpaired) electrons. The number of hydrogen-bond acceptors (Lipinski definition) is 3. The fraction of sp³-hybridized carbons (Fsp3) is 0.353. The van der Waals surface area contributed by atoms with Crippen molar-refractivity contribution in [3.63, 3.8) is 0 Å². The molecule has 0 atom stereocenters. The van der Waals surface area contributed by atoms with Gasteiger partial charge in [0.1, 0.15) is 5.75 Å². The highest BCUT2D eigenvalue weighted by molar-refractivity contribution is 6.10. The monoisotopic (exact) mass is 269 g/mol. The minimum absolute atomic E-state index is 0.146. The van der Waals surface area contributed by atoms with Crippen LogP contribution in [0.25, 0.3) is 10.8 Å². The van der Waals surface area contributed by atoms with Gasteiger partial charge in [-0.25, -0.2) is 0 Å². The van der Waals surface area contributed by atoms with Crippen LogP contribution < -0.4 is 10.1 Å². The Hall–Kier alpha value is -1.87. The molecule has 2 aromatic carbocycles. The number of carbonyl (C=O) groups excluding carboxylic acids is 1. The zero-order valence-corrected chi connectivity index (χ0v) is 11.7. The Morgan fingerprint density at radius 2 is 1.80 bits per heavy atom. The highest BCUT2D eigenvalue weighted by Crippen LogP contribution is 2.30. The largest absolute Gasteiger partial charge is 0.496 e. The van der Waals surface area contributed by atoms with Crippen LogP contribution in [0.5, 0.6) is 5.75 Å². The number of nitrogens with one attached hydrogen (secondary N) is 1. The number of rotatable bonds is 3. The molecule has 1 aliphatic rings. The van der Waals surface area contributed by atoms with Gasteiger partial charge in [-0.2, -0.15) is 0 Å². The van der Waals surface area contributed by atoms with Crippen LogP contribution in [0.2, 0.25) is 0 Å². The molecule has 1 aliphatic heterocycles. The van der Waals surface area contributed by atoms with Crippen molar-refractivity contribution in [2.45, 2.75) is 12.8 Å². The van der Waals surface area contributed by atoms with Crippen molar-refractivity contribution >= 4 is 16.6 Å². The summed E-state index contributed by atoms with van der Waals surface area (Å²) in [5.74, 6) is 1.24. The molecule has 20 heavy (non-hydrogen) atoms. The Kier molecular flexibility index (Phi) is 3.70. The fourth-order valence-corrected chi connectivity index (χ4v) is 2.97. The third kappa shape index (κ3) is 2.29. The maximum absolute atomic E-state index is 12.7. The molecular formula is C17H19NO2. The van der Waals surface area contributed by atoms with Crippen LogP contribution in [-0.4, -0.2) is 26.0 Å². The molecule has 0 saturated carbocycles. The first-order valence-corrected chi connectivity index (χ1v) is 7.12. The molecule has 0 aromatic heterocycles. The zero-order chi connectivity index (χ0) is 13.9. The van der Waals surface area contributed by atoms with Gasteiger partial charge < -0.3 is 10.1 Å². The molecule has 1 N–H and O–H groups in total. The zero-order valence-electron chi connectivity index (χ0n) is 11.7.